The third kappa shape index (κ3) is 3.74. The van der Waals surface area contributed by atoms with Gasteiger partial charge in [-0.15, -0.1) is 0 Å². The second-order valence-corrected chi connectivity index (χ2v) is 5.64. The van der Waals surface area contributed by atoms with Crippen LogP contribution in [0.25, 0.3) is 0 Å². The molecule has 0 bridgehead atoms. The second kappa shape index (κ2) is 6.79. The van der Waals surface area contributed by atoms with Crippen LogP contribution in [0.3, 0.4) is 0 Å². The summed E-state index contributed by atoms with van der Waals surface area (Å²) in [6.45, 7) is 7.59. The molecule has 0 fully saturated rings. The number of rotatable bonds is 7. The predicted molar refractivity (Wildman–Crippen MR) is 76.2 cm³/mol. The maximum Gasteiger partial charge on any atom is 0.122 e. The van der Waals surface area contributed by atoms with Gasteiger partial charge in [-0.3, -0.25) is 0 Å². The molecule has 0 radical (unpaired) electrons. The highest BCUT2D eigenvalue weighted by molar-refractivity contribution is 5.39. The van der Waals surface area contributed by atoms with Gasteiger partial charge in [-0.05, 0) is 24.9 Å². The molecule has 100 valence electrons. The predicted octanol–water partition coefficient (Wildman–Crippen LogP) is 3.58. The first-order valence-electron chi connectivity index (χ1n) is 7.20. The Balaban J connectivity index is 1.64. The van der Waals surface area contributed by atoms with E-state index in [4.69, 9.17) is 4.74 Å². The summed E-state index contributed by atoms with van der Waals surface area (Å²) in [7, 11) is 0. The lowest BCUT2D eigenvalue weighted by Crippen LogP contribution is -2.23. The standard InChI is InChI=1S/C16H25NO/c1-13(2)7-5-6-10-17-11-14-12-18-16-9-4-3-8-15(14)16/h3-4,8-9,13-14,17H,5-7,10-12H2,1-2H3. The molecule has 1 atom stereocenters. The first-order chi connectivity index (χ1) is 8.77. The topological polar surface area (TPSA) is 21.3 Å². The number of hydrogen-bond donors (Lipinski definition) is 1. The van der Waals surface area contributed by atoms with Crippen LogP contribution in [0.2, 0.25) is 0 Å². The van der Waals surface area contributed by atoms with Gasteiger partial charge in [0.2, 0.25) is 0 Å². The number of nitrogens with one attached hydrogen (secondary N) is 1. The third-order valence-electron chi connectivity index (χ3n) is 3.57. The summed E-state index contributed by atoms with van der Waals surface area (Å²) in [4.78, 5) is 0. The van der Waals surface area contributed by atoms with E-state index in [2.05, 4.69) is 37.4 Å². The van der Waals surface area contributed by atoms with Crippen LogP contribution in [-0.2, 0) is 0 Å². The molecule has 0 saturated carbocycles. The molecular formula is C16H25NO. The van der Waals surface area contributed by atoms with Crippen LogP contribution < -0.4 is 10.1 Å². The summed E-state index contributed by atoms with van der Waals surface area (Å²) in [6, 6.07) is 8.40. The lowest BCUT2D eigenvalue weighted by Gasteiger charge is -2.10. The fourth-order valence-electron chi connectivity index (χ4n) is 2.48. The molecule has 2 nitrogen and oxygen atoms in total. The Labute approximate surface area is 111 Å². The molecule has 2 rings (SSSR count). The summed E-state index contributed by atoms with van der Waals surface area (Å²) in [6.07, 6.45) is 3.97. The van der Waals surface area contributed by atoms with Crippen LogP contribution in [0.1, 0.15) is 44.6 Å². The molecule has 1 aliphatic rings. The maximum absolute atomic E-state index is 5.68. The highest BCUT2D eigenvalue weighted by atomic mass is 16.5. The highest BCUT2D eigenvalue weighted by Crippen LogP contribution is 2.32. The minimum atomic E-state index is 0.534. The van der Waals surface area contributed by atoms with E-state index in [9.17, 15) is 0 Å². The Morgan fingerprint density at radius 2 is 2.11 bits per heavy atom. The fraction of sp³-hybridized carbons (Fsp3) is 0.625. The van der Waals surface area contributed by atoms with Crippen molar-refractivity contribution >= 4 is 0 Å². The minimum Gasteiger partial charge on any atom is -0.493 e. The van der Waals surface area contributed by atoms with E-state index in [0.717, 1.165) is 31.4 Å². The number of hydrogen-bond acceptors (Lipinski definition) is 2. The molecule has 0 amide bonds. The van der Waals surface area contributed by atoms with Gasteiger partial charge < -0.3 is 10.1 Å². The van der Waals surface area contributed by atoms with E-state index in [1.807, 2.05) is 6.07 Å². The summed E-state index contributed by atoms with van der Waals surface area (Å²) >= 11 is 0. The van der Waals surface area contributed by atoms with Crippen molar-refractivity contribution in [2.24, 2.45) is 5.92 Å². The zero-order chi connectivity index (χ0) is 12.8. The first-order valence-corrected chi connectivity index (χ1v) is 7.20. The summed E-state index contributed by atoms with van der Waals surface area (Å²) in [5.41, 5.74) is 1.37. The molecule has 2 heteroatoms. The highest BCUT2D eigenvalue weighted by Gasteiger charge is 2.22. The van der Waals surface area contributed by atoms with E-state index in [1.54, 1.807) is 0 Å². The summed E-state index contributed by atoms with van der Waals surface area (Å²) in [5, 5.41) is 3.56. The van der Waals surface area contributed by atoms with Crippen molar-refractivity contribution < 1.29 is 4.74 Å². The monoisotopic (exact) mass is 247 g/mol. The first kappa shape index (κ1) is 13.4. The van der Waals surface area contributed by atoms with Crippen molar-refractivity contribution in [1.82, 2.24) is 5.32 Å². The zero-order valence-corrected chi connectivity index (χ0v) is 11.6. The van der Waals surface area contributed by atoms with Crippen LogP contribution >= 0.6 is 0 Å². The number of ether oxygens (including phenoxy) is 1. The van der Waals surface area contributed by atoms with E-state index < -0.39 is 0 Å². The molecule has 1 N–H and O–H groups in total. The Morgan fingerprint density at radius 3 is 2.94 bits per heavy atom. The van der Waals surface area contributed by atoms with E-state index >= 15 is 0 Å². The van der Waals surface area contributed by atoms with Crippen molar-refractivity contribution in [3.05, 3.63) is 29.8 Å². The fourth-order valence-corrected chi connectivity index (χ4v) is 2.48. The average Bonchev–Trinajstić information content (AvgIpc) is 2.77. The van der Waals surface area contributed by atoms with Gasteiger partial charge in [0, 0.05) is 18.0 Å². The van der Waals surface area contributed by atoms with E-state index in [1.165, 1.54) is 24.8 Å². The van der Waals surface area contributed by atoms with Crippen molar-refractivity contribution in [3.8, 4) is 5.75 Å². The van der Waals surface area contributed by atoms with Crippen LogP contribution in [-0.4, -0.2) is 19.7 Å². The Kier molecular flexibility index (Phi) is 5.06. The summed E-state index contributed by atoms with van der Waals surface area (Å²) < 4.78 is 5.68. The smallest absolute Gasteiger partial charge is 0.122 e. The molecule has 1 unspecified atom stereocenters. The largest absolute Gasteiger partial charge is 0.493 e. The number of unbranched alkanes of at least 4 members (excludes halogenated alkanes) is 1. The Morgan fingerprint density at radius 1 is 1.28 bits per heavy atom. The Hall–Kier alpha value is -1.02. The molecule has 0 aromatic heterocycles. The molecule has 1 aliphatic heterocycles. The molecular weight excluding hydrogens is 222 g/mol. The Bertz CT molecular complexity index is 362. The normalized spacial score (nSPS) is 17.8. The van der Waals surface area contributed by atoms with Gasteiger partial charge >= 0.3 is 0 Å². The van der Waals surface area contributed by atoms with Gasteiger partial charge in [0.15, 0.2) is 0 Å². The summed E-state index contributed by atoms with van der Waals surface area (Å²) in [5.74, 6) is 2.44. The average molecular weight is 247 g/mol. The molecule has 0 saturated heterocycles. The van der Waals surface area contributed by atoms with Crippen LogP contribution in [0.15, 0.2) is 24.3 Å². The lowest BCUT2D eigenvalue weighted by molar-refractivity contribution is 0.326. The molecule has 1 aromatic carbocycles. The van der Waals surface area contributed by atoms with Crippen molar-refractivity contribution in [3.63, 3.8) is 0 Å². The number of para-hydroxylation sites is 1. The second-order valence-electron chi connectivity index (χ2n) is 5.64. The zero-order valence-electron chi connectivity index (χ0n) is 11.6. The minimum absolute atomic E-state index is 0.534. The molecule has 0 spiro atoms. The van der Waals surface area contributed by atoms with E-state index in [0.29, 0.717) is 5.92 Å². The van der Waals surface area contributed by atoms with Gasteiger partial charge in [-0.25, -0.2) is 0 Å². The van der Waals surface area contributed by atoms with Crippen molar-refractivity contribution in [1.29, 1.82) is 0 Å². The van der Waals surface area contributed by atoms with Gasteiger partial charge in [0.25, 0.3) is 0 Å². The molecule has 0 aliphatic carbocycles. The molecule has 1 aromatic rings. The SMILES string of the molecule is CC(C)CCCCNCC1COc2ccccc21. The lowest BCUT2D eigenvalue weighted by atomic mass is 10.0. The third-order valence-corrected chi connectivity index (χ3v) is 3.57. The van der Waals surface area contributed by atoms with Crippen LogP contribution in [0.5, 0.6) is 5.75 Å². The maximum atomic E-state index is 5.68. The van der Waals surface area contributed by atoms with Crippen molar-refractivity contribution in [2.45, 2.75) is 39.0 Å². The van der Waals surface area contributed by atoms with Gasteiger partial charge in [-0.2, -0.15) is 0 Å². The molecule has 18 heavy (non-hydrogen) atoms. The number of fused-ring (bicyclic) bond motifs is 1. The van der Waals surface area contributed by atoms with Crippen LogP contribution in [0, 0.1) is 5.92 Å². The van der Waals surface area contributed by atoms with Gasteiger partial charge in [-0.1, -0.05) is 44.9 Å². The number of benzene rings is 1. The molecule has 1 heterocycles. The van der Waals surface area contributed by atoms with Gasteiger partial charge in [0.05, 0.1) is 6.61 Å². The van der Waals surface area contributed by atoms with Crippen LogP contribution in [0.4, 0.5) is 0 Å². The van der Waals surface area contributed by atoms with Gasteiger partial charge in [0.1, 0.15) is 5.75 Å². The quantitative estimate of drug-likeness (QED) is 0.744. The van der Waals surface area contributed by atoms with Crippen molar-refractivity contribution in [2.75, 3.05) is 19.7 Å². The van der Waals surface area contributed by atoms with E-state index in [-0.39, 0.29) is 0 Å².